The third kappa shape index (κ3) is 3.19. The largest absolute Gasteiger partial charge is 0.457 e. The zero-order valence-corrected chi connectivity index (χ0v) is 13.3. The van der Waals surface area contributed by atoms with Crippen molar-refractivity contribution in [2.75, 3.05) is 5.32 Å². The van der Waals surface area contributed by atoms with Crippen LogP contribution in [-0.4, -0.2) is 17.0 Å². The van der Waals surface area contributed by atoms with E-state index in [0.29, 0.717) is 11.6 Å². The Hall–Kier alpha value is -2.40. The lowest BCUT2D eigenvalue weighted by Gasteiger charge is -2.06. The standard InChI is InChI=1S/C18H16N2O2S/c21-18(12-5-8-17(19-9-12)20-14-6-7-14)22-10-13-11-23-16-4-2-1-3-15(13)16/h1-5,8-9,11,14H,6-7,10H2,(H,19,20). The number of nitrogens with one attached hydrogen (secondary N) is 1. The van der Waals surface area contributed by atoms with Gasteiger partial charge in [-0.05, 0) is 41.8 Å². The van der Waals surface area contributed by atoms with Crippen LogP contribution in [0.3, 0.4) is 0 Å². The lowest BCUT2D eigenvalue weighted by Crippen LogP contribution is -2.07. The lowest BCUT2D eigenvalue weighted by atomic mass is 10.2. The number of hydrogen-bond acceptors (Lipinski definition) is 5. The molecule has 3 aromatic rings. The highest BCUT2D eigenvalue weighted by molar-refractivity contribution is 7.17. The van der Waals surface area contributed by atoms with E-state index in [4.69, 9.17) is 4.74 Å². The number of esters is 1. The molecule has 1 saturated carbocycles. The number of carbonyl (C=O) groups is 1. The second-order valence-electron chi connectivity index (χ2n) is 5.68. The van der Waals surface area contributed by atoms with Gasteiger partial charge in [-0.25, -0.2) is 9.78 Å². The summed E-state index contributed by atoms with van der Waals surface area (Å²) in [5, 5.41) is 6.48. The summed E-state index contributed by atoms with van der Waals surface area (Å²) in [6, 6.07) is 12.3. The molecule has 1 aromatic carbocycles. The van der Waals surface area contributed by atoms with Gasteiger partial charge in [0.15, 0.2) is 0 Å². The topological polar surface area (TPSA) is 51.2 Å². The smallest absolute Gasteiger partial charge is 0.340 e. The first-order valence-corrected chi connectivity index (χ1v) is 8.52. The number of fused-ring (bicyclic) bond motifs is 1. The van der Waals surface area contributed by atoms with Crippen LogP contribution in [0.4, 0.5) is 5.82 Å². The molecular formula is C18H16N2O2S. The number of ether oxygens (including phenoxy) is 1. The van der Waals surface area contributed by atoms with Crippen molar-refractivity contribution in [3.05, 3.63) is 59.1 Å². The van der Waals surface area contributed by atoms with Crippen LogP contribution < -0.4 is 5.32 Å². The number of pyridine rings is 1. The van der Waals surface area contributed by atoms with E-state index in [9.17, 15) is 4.79 Å². The Morgan fingerprint density at radius 3 is 2.91 bits per heavy atom. The number of anilines is 1. The second-order valence-corrected chi connectivity index (χ2v) is 6.60. The first-order chi connectivity index (χ1) is 11.3. The Kier molecular flexibility index (Phi) is 3.71. The average Bonchev–Trinajstić information content (AvgIpc) is 3.31. The third-order valence-electron chi connectivity index (χ3n) is 3.85. The summed E-state index contributed by atoms with van der Waals surface area (Å²) in [7, 11) is 0. The van der Waals surface area contributed by atoms with Crippen molar-refractivity contribution in [3.8, 4) is 0 Å². The first-order valence-electron chi connectivity index (χ1n) is 7.64. The number of rotatable bonds is 5. The van der Waals surface area contributed by atoms with Gasteiger partial charge >= 0.3 is 5.97 Å². The monoisotopic (exact) mass is 324 g/mol. The van der Waals surface area contributed by atoms with Gasteiger partial charge in [0, 0.05) is 22.5 Å². The third-order valence-corrected chi connectivity index (χ3v) is 4.86. The summed E-state index contributed by atoms with van der Waals surface area (Å²) in [6.45, 7) is 0.283. The number of thiophene rings is 1. The highest BCUT2D eigenvalue weighted by Crippen LogP contribution is 2.26. The van der Waals surface area contributed by atoms with Crippen LogP contribution >= 0.6 is 11.3 Å². The molecule has 0 spiro atoms. The van der Waals surface area contributed by atoms with Crippen molar-refractivity contribution in [3.63, 3.8) is 0 Å². The van der Waals surface area contributed by atoms with Crippen molar-refractivity contribution in [1.29, 1.82) is 0 Å². The van der Waals surface area contributed by atoms with Crippen LogP contribution in [-0.2, 0) is 11.3 Å². The maximum atomic E-state index is 12.1. The maximum absolute atomic E-state index is 12.1. The summed E-state index contributed by atoms with van der Waals surface area (Å²) in [6.07, 6.45) is 3.96. The molecule has 0 amide bonds. The molecule has 4 rings (SSSR count). The summed E-state index contributed by atoms with van der Waals surface area (Å²) in [5.41, 5.74) is 1.52. The van der Waals surface area contributed by atoms with E-state index >= 15 is 0 Å². The molecule has 2 aromatic heterocycles. The highest BCUT2D eigenvalue weighted by atomic mass is 32.1. The molecule has 0 saturated heterocycles. The molecule has 0 radical (unpaired) electrons. The molecule has 1 aliphatic carbocycles. The van der Waals surface area contributed by atoms with Gasteiger partial charge < -0.3 is 10.1 Å². The van der Waals surface area contributed by atoms with E-state index in [0.717, 1.165) is 16.8 Å². The Morgan fingerprint density at radius 1 is 1.26 bits per heavy atom. The van der Waals surface area contributed by atoms with E-state index in [1.807, 2.05) is 23.6 Å². The van der Waals surface area contributed by atoms with Crippen LogP contribution in [0.1, 0.15) is 28.8 Å². The fourth-order valence-electron chi connectivity index (χ4n) is 2.41. The van der Waals surface area contributed by atoms with Crippen LogP contribution in [0.15, 0.2) is 48.0 Å². The van der Waals surface area contributed by atoms with E-state index in [2.05, 4.69) is 22.4 Å². The molecular weight excluding hydrogens is 308 g/mol. The van der Waals surface area contributed by atoms with Gasteiger partial charge in [0.2, 0.25) is 0 Å². The van der Waals surface area contributed by atoms with Crippen LogP contribution in [0, 0.1) is 0 Å². The zero-order valence-electron chi connectivity index (χ0n) is 12.5. The van der Waals surface area contributed by atoms with Crippen molar-refractivity contribution in [2.45, 2.75) is 25.5 Å². The fraction of sp³-hybridized carbons (Fsp3) is 0.222. The van der Waals surface area contributed by atoms with Gasteiger partial charge in [0.25, 0.3) is 0 Å². The molecule has 1 aliphatic rings. The Labute approximate surface area is 138 Å². The van der Waals surface area contributed by atoms with Crippen molar-refractivity contribution >= 4 is 33.2 Å². The van der Waals surface area contributed by atoms with Crippen molar-refractivity contribution in [2.24, 2.45) is 0 Å². The molecule has 0 bridgehead atoms. The van der Waals surface area contributed by atoms with Gasteiger partial charge in [-0.3, -0.25) is 0 Å². The summed E-state index contributed by atoms with van der Waals surface area (Å²) < 4.78 is 6.63. The fourth-order valence-corrected chi connectivity index (χ4v) is 3.36. The minimum absolute atomic E-state index is 0.283. The minimum Gasteiger partial charge on any atom is -0.457 e. The van der Waals surface area contributed by atoms with E-state index in [1.54, 1.807) is 23.6 Å². The predicted molar refractivity (Wildman–Crippen MR) is 91.8 cm³/mol. The summed E-state index contributed by atoms with van der Waals surface area (Å²) >= 11 is 1.66. The summed E-state index contributed by atoms with van der Waals surface area (Å²) in [5.74, 6) is 0.471. The Morgan fingerprint density at radius 2 is 2.13 bits per heavy atom. The maximum Gasteiger partial charge on any atom is 0.340 e. The van der Waals surface area contributed by atoms with E-state index < -0.39 is 0 Å². The number of nitrogens with zero attached hydrogens (tertiary/aromatic N) is 1. The molecule has 1 fully saturated rings. The molecule has 0 atom stereocenters. The molecule has 1 N–H and O–H groups in total. The molecule has 5 heteroatoms. The molecule has 4 nitrogen and oxygen atoms in total. The van der Waals surface area contributed by atoms with Gasteiger partial charge in [-0.2, -0.15) is 0 Å². The number of benzene rings is 1. The molecule has 23 heavy (non-hydrogen) atoms. The van der Waals surface area contributed by atoms with E-state index in [-0.39, 0.29) is 12.6 Å². The molecule has 116 valence electrons. The first kappa shape index (κ1) is 14.2. The molecule has 0 aliphatic heterocycles. The molecule has 0 unspecified atom stereocenters. The van der Waals surface area contributed by atoms with E-state index in [1.165, 1.54) is 17.5 Å². The Bertz CT molecular complexity index is 838. The predicted octanol–water partition coefficient (Wildman–Crippen LogP) is 4.23. The van der Waals surface area contributed by atoms with Crippen LogP contribution in [0.2, 0.25) is 0 Å². The van der Waals surface area contributed by atoms with Gasteiger partial charge in [-0.15, -0.1) is 11.3 Å². The van der Waals surface area contributed by atoms with Gasteiger partial charge in [0.05, 0.1) is 5.56 Å². The lowest BCUT2D eigenvalue weighted by molar-refractivity contribution is 0.0474. The summed E-state index contributed by atoms with van der Waals surface area (Å²) in [4.78, 5) is 16.4. The quantitative estimate of drug-likeness (QED) is 0.714. The number of aromatic nitrogens is 1. The van der Waals surface area contributed by atoms with Crippen molar-refractivity contribution < 1.29 is 9.53 Å². The van der Waals surface area contributed by atoms with Crippen molar-refractivity contribution in [1.82, 2.24) is 4.98 Å². The number of hydrogen-bond donors (Lipinski definition) is 1. The highest BCUT2D eigenvalue weighted by Gasteiger charge is 2.21. The molecule has 2 heterocycles. The van der Waals surface area contributed by atoms with Crippen LogP contribution in [0.5, 0.6) is 0 Å². The SMILES string of the molecule is O=C(OCc1csc2ccccc12)c1ccc(NC2CC2)nc1. The van der Waals surface area contributed by atoms with Gasteiger partial charge in [-0.1, -0.05) is 18.2 Å². The second kappa shape index (κ2) is 6.01. The Balaban J connectivity index is 1.41. The average molecular weight is 324 g/mol. The normalized spacial score (nSPS) is 13.9. The van der Waals surface area contributed by atoms with Crippen LogP contribution in [0.25, 0.3) is 10.1 Å². The minimum atomic E-state index is -0.342. The zero-order chi connectivity index (χ0) is 15.6. The number of carbonyl (C=O) groups excluding carboxylic acids is 1. The van der Waals surface area contributed by atoms with Gasteiger partial charge in [0.1, 0.15) is 12.4 Å².